The van der Waals surface area contributed by atoms with Crippen molar-refractivity contribution in [1.29, 1.82) is 0 Å². The third-order valence-corrected chi connectivity index (χ3v) is 6.84. The Morgan fingerprint density at radius 3 is 2.24 bits per heavy atom. The van der Waals surface area contributed by atoms with Gasteiger partial charge in [0.1, 0.15) is 11.9 Å². The number of aryl methyl sites for hydroxylation is 1. The van der Waals surface area contributed by atoms with Crippen LogP contribution >= 0.6 is 0 Å². The molecule has 7 heteroatoms. The molecule has 6 nitrogen and oxygen atoms in total. The first-order valence-corrected chi connectivity index (χ1v) is 13.7. The van der Waals surface area contributed by atoms with Gasteiger partial charge in [0, 0.05) is 19.0 Å². The lowest BCUT2D eigenvalue weighted by molar-refractivity contribution is -0.141. The average molecular weight is 513 g/mol. The van der Waals surface area contributed by atoms with Crippen molar-refractivity contribution < 1.29 is 23.5 Å². The number of benzene rings is 2. The molecule has 1 saturated carbocycles. The Morgan fingerprint density at radius 2 is 1.59 bits per heavy atom. The summed E-state index contributed by atoms with van der Waals surface area (Å²) in [4.78, 5) is 28.6. The summed E-state index contributed by atoms with van der Waals surface area (Å²) in [5, 5.41) is 3.19. The normalized spacial score (nSPS) is 14.6. The highest BCUT2D eigenvalue weighted by Gasteiger charge is 2.30. The van der Waals surface area contributed by atoms with Crippen LogP contribution in [-0.2, 0) is 22.6 Å². The van der Waals surface area contributed by atoms with Crippen LogP contribution in [0.5, 0.6) is 11.5 Å². The Labute approximate surface area is 220 Å². The Kier molecular flexibility index (Phi) is 11.2. The predicted octanol–water partition coefficient (Wildman–Crippen LogP) is 5.81. The number of rotatable bonds is 13. The number of carbonyl (C=O) groups excluding carboxylic acids is 2. The predicted molar refractivity (Wildman–Crippen MR) is 143 cm³/mol. The monoisotopic (exact) mass is 512 g/mol. The van der Waals surface area contributed by atoms with Gasteiger partial charge < -0.3 is 19.7 Å². The second-order valence-corrected chi connectivity index (χ2v) is 9.56. The lowest BCUT2D eigenvalue weighted by Gasteiger charge is -2.33. The van der Waals surface area contributed by atoms with E-state index >= 15 is 0 Å². The van der Waals surface area contributed by atoms with E-state index in [-0.39, 0.29) is 36.6 Å². The summed E-state index contributed by atoms with van der Waals surface area (Å²) in [6.45, 7) is 7.08. The van der Waals surface area contributed by atoms with Crippen molar-refractivity contribution in [2.75, 3.05) is 13.2 Å². The van der Waals surface area contributed by atoms with Crippen LogP contribution in [0.25, 0.3) is 0 Å². The van der Waals surface area contributed by atoms with E-state index in [1.807, 2.05) is 39.0 Å². The van der Waals surface area contributed by atoms with Crippen molar-refractivity contribution in [3.63, 3.8) is 0 Å². The fourth-order valence-electron chi connectivity index (χ4n) is 4.90. The lowest BCUT2D eigenvalue weighted by atomic mass is 9.95. The van der Waals surface area contributed by atoms with E-state index in [2.05, 4.69) is 5.32 Å². The summed E-state index contributed by atoms with van der Waals surface area (Å²) >= 11 is 0. The van der Waals surface area contributed by atoms with Crippen LogP contribution in [0.15, 0.2) is 42.5 Å². The van der Waals surface area contributed by atoms with Gasteiger partial charge in [0.25, 0.3) is 0 Å². The third-order valence-electron chi connectivity index (χ3n) is 6.84. The summed E-state index contributed by atoms with van der Waals surface area (Å²) in [5.41, 5.74) is 1.75. The highest BCUT2D eigenvalue weighted by atomic mass is 19.1. The van der Waals surface area contributed by atoms with E-state index in [0.717, 1.165) is 36.8 Å². The summed E-state index contributed by atoms with van der Waals surface area (Å²) in [7, 11) is 0. The van der Waals surface area contributed by atoms with Gasteiger partial charge in [-0.1, -0.05) is 44.4 Å². The van der Waals surface area contributed by atoms with Gasteiger partial charge in [-0.25, -0.2) is 4.39 Å². The van der Waals surface area contributed by atoms with Crippen LogP contribution < -0.4 is 14.8 Å². The number of nitrogens with one attached hydrogen (secondary N) is 1. The van der Waals surface area contributed by atoms with E-state index in [4.69, 9.17) is 9.47 Å². The van der Waals surface area contributed by atoms with Crippen molar-refractivity contribution in [3.8, 4) is 11.5 Å². The molecule has 2 amide bonds. The van der Waals surface area contributed by atoms with Crippen molar-refractivity contribution in [2.24, 2.45) is 0 Å². The SMILES string of the molecule is CCOc1ccc(CCC(=O)N(Cc2ccc(F)cc2)C(CC)C(=O)NC2CCCCC2)cc1OCC. The molecule has 2 aromatic carbocycles. The molecule has 1 N–H and O–H groups in total. The molecule has 0 bridgehead atoms. The molecule has 1 unspecified atom stereocenters. The lowest BCUT2D eigenvalue weighted by Crippen LogP contribution is -2.51. The first-order valence-electron chi connectivity index (χ1n) is 13.7. The maximum Gasteiger partial charge on any atom is 0.243 e. The molecule has 0 spiro atoms. The van der Waals surface area contributed by atoms with Gasteiger partial charge in [-0.3, -0.25) is 9.59 Å². The molecule has 0 saturated heterocycles. The zero-order valence-corrected chi connectivity index (χ0v) is 22.4. The molecular weight excluding hydrogens is 471 g/mol. The summed E-state index contributed by atoms with van der Waals surface area (Å²) in [6.07, 6.45) is 6.65. The largest absolute Gasteiger partial charge is 0.490 e. The van der Waals surface area contributed by atoms with Gasteiger partial charge in [-0.05, 0) is 74.9 Å². The molecular formula is C30H41FN2O4. The van der Waals surface area contributed by atoms with Gasteiger partial charge in [0.15, 0.2) is 11.5 Å². The van der Waals surface area contributed by atoms with Crippen molar-refractivity contribution >= 4 is 11.8 Å². The summed E-state index contributed by atoms with van der Waals surface area (Å²) in [6, 6.07) is 11.4. The molecule has 202 valence electrons. The van der Waals surface area contributed by atoms with Crippen LogP contribution in [0.4, 0.5) is 4.39 Å². The van der Waals surface area contributed by atoms with E-state index < -0.39 is 6.04 Å². The van der Waals surface area contributed by atoms with Crippen molar-refractivity contribution in [2.45, 2.75) is 90.8 Å². The molecule has 0 heterocycles. The standard InChI is InChI=1S/C30H41FN2O4/c1-4-26(30(35)32-25-10-8-7-9-11-25)33(21-23-12-16-24(31)17-13-23)29(34)19-15-22-14-18-27(36-5-2)28(20-22)37-6-3/h12-14,16-18,20,25-26H,4-11,15,19,21H2,1-3H3,(H,32,35). The quantitative estimate of drug-likeness (QED) is 0.368. The average Bonchev–Trinajstić information content (AvgIpc) is 2.90. The first-order chi connectivity index (χ1) is 17.9. The minimum Gasteiger partial charge on any atom is -0.490 e. The first kappa shape index (κ1) is 28.5. The van der Waals surface area contributed by atoms with Gasteiger partial charge in [-0.2, -0.15) is 0 Å². The van der Waals surface area contributed by atoms with Gasteiger partial charge in [0.2, 0.25) is 11.8 Å². The fraction of sp³-hybridized carbons (Fsp3) is 0.533. The Hall–Kier alpha value is -3.09. The van der Waals surface area contributed by atoms with Gasteiger partial charge in [0.05, 0.1) is 13.2 Å². The highest BCUT2D eigenvalue weighted by molar-refractivity contribution is 5.88. The number of amides is 2. The number of hydrogen-bond acceptors (Lipinski definition) is 4. The molecule has 1 aliphatic rings. The summed E-state index contributed by atoms with van der Waals surface area (Å²) in [5.74, 6) is 0.800. The van der Waals surface area contributed by atoms with Gasteiger partial charge >= 0.3 is 0 Å². The van der Waals surface area contributed by atoms with Crippen LogP contribution in [0, 0.1) is 5.82 Å². The van der Waals surface area contributed by atoms with Crippen LogP contribution in [-0.4, -0.2) is 42.0 Å². The van der Waals surface area contributed by atoms with Crippen LogP contribution in [0.1, 0.15) is 76.8 Å². The van der Waals surface area contributed by atoms with E-state index in [9.17, 15) is 14.0 Å². The summed E-state index contributed by atoms with van der Waals surface area (Å²) < 4.78 is 24.9. The molecule has 0 radical (unpaired) electrons. The third kappa shape index (κ3) is 8.48. The zero-order chi connectivity index (χ0) is 26.6. The fourth-order valence-corrected chi connectivity index (χ4v) is 4.90. The smallest absolute Gasteiger partial charge is 0.243 e. The Balaban J connectivity index is 1.76. The second kappa shape index (κ2) is 14.6. The number of halogens is 1. The Morgan fingerprint density at radius 1 is 0.946 bits per heavy atom. The van der Waals surface area contributed by atoms with Gasteiger partial charge in [-0.15, -0.1) is 0 Å². The number of ether oxygens (including phenoxy) is 2. The molecule has 1 fully saturated rings. The minimum atomic E-state index is -0.584. The second-order valence-electron chi connectivity index (χ2n) is 9.56. The maximum atomic E-state index is 13.6. The molecule has 0 aromatic heterocycles. The number of nitrogens with zero attached hydrogens (tertiary/aromatic N) is 1. The highest BCUT2D eigenvalue weighted by Crippen LogP contribution is 2.29. The molecule has 37 heavy (non-hydrogen) atoms. The molecule has 0 aliphatic heterocycles. The molecule has 2 aromatic rings. The topological polar surface area (TPSA) is 67.9 Å². The number of carbonyl (C=O) groups is 2. The zero-order valence-electron chi connectivity index (χ0n) is 22.4. The van der Waals surface area contributed by atoms with Crippen LogP contribution in [0.3, 0.4) is 0 Å². The maximum absolute atomic E-state index is 13.6. The molecule has 3 rings (SSSR count). The number of hydrogen-bond donors (Lipinski definition) is 1. The van der Waals surface area contributed by atoms with Crippen molar-refractivity contribution in [1.82, 2.24) is 10.2 Å². The van der Waals surface area contributed by atoms with E-state index in [1.54, 1.807) is 17.0 Å². The van der Waals surface area contributed by atoms with E-state index in [0.29, 0.717) is 37.6 Å². The van der Waals surface area contributed by atoms with E-state index in [1.165, 1.54) is 18.6 Å². The van der Waals surface area contributed by atoms with Crippen molar-refractivity contribution in [3.05, 3.63) is 59.4 Å². The Bertz CT molecular complexity index is 1010. The van der Waals surface area contributed by atoms with Crippen LogP contribution in [0.2, 0.25) is 0 Å². The molecule has 1 aliphatic carbocycles. The molecule has 1 atom stereocenters. The minimum absolute atomic E-state index is 0.107.